The number of nitrogens with one attached hydrogen (secondary N) is 1. The monoisotopic (exact) mass is 573 g/mol. The Morgan fingerprint density at radius 1 is 1.00 bits per heavy atom. The quantitative estimate of drug-likeness (QED) is 0.382. The number of hydrogen-bond acceptors (Lipinski definition) is 9. The van der Waals surface area contributed by atoms with Gasteiger partial charge in [-0.25, -0.2) is 18.4 Å². The van der Waals surface area contributed by atoms with Crippen molar-refractivity contribution >= 4 is 32.5 Å². The van der Waals surface area contributed by atoms with Crippen LogP contribution in [-0.4, -0.2) is 66.9 Å². The van der Waals surface area contributed by atoms with Crippen LogP contribution in [0.4, 0.5) is 5.82 Å². The maximum absolute atomic E-state index is 12.9. The summed E-state index contributed by atoms with van der Waals surface area (Å²) in [5.41, 5.74) is 3.70. The van der Waals surface area contributed by atoms with Crippen LogP contribution >= 0.6 is 0 Å². The predicted octanol–water partition coefficient (Wildman–Crippen LogP) is 3.54. The molecule has 1 N–H and O–H groups in total. The van der Waals surface area contributed by atoms with Crippen LogP contribution in [0.3, 0.4) is 0 Å². The normalized spacial score (nSPS) is 20.3. The zero-order valence-corrected chi connectivity index (χ0v) is 23.7. The number of amides is 1. The number of carbonyl (C=O) groups is 1. The third kappa shape index (κ3) is 5.65. The van der Waals surface area contributed by atoms with Gasteiger partial charge in [-0.05, 0) is 61.9 Å². The fourth-order valence-corrected chi connectivity index (χ4v) is 6.69. The zero-order chi connectivity index (χ0) is 28.6. The van der Waals surface area contributed by atoms with Crippen molar-refractivity contribution in [3.63, 3.8) is 0 Å². The molecule has 1 amide bonds. The van der Waals surface area contributed by atoms with Crippen LogP contribution in [-0.2, 0) is 32.5 Å². The third-order valence-electron chi connectivity index (χ3n) is 7.41. The van der Waals surface area contributed by atoms with E-state index in [2.05, 4.69) is 29.0 Å². The Hall–Kier alpha value is -3.93. The number of carbonyl (C=O) groups excluding carboxylic acids is 1. The second-order valence-corrected chi connectivity index (χ2v) is 12.5. The Bertz CT molecular complexity index is 1720. The lowest BCUT2D eigenvalue weighted by molar-refractivity contribution is 0.0752. The molecule has 6 rings (SSSR count). The molecule has 0 radical (unpaired) electrons. The van der Waals surface area contributed by atoms with Crippen molar-refractivity contribution < 1.29 is 22.7 Å². The molecule has 3 aromatic heterocycles. The molecule has 212 valence electrons. The first kappa shape index (κ1) is 27.3. The van der Waals surface area contributed by atoms with E-state index in [0.717, 1.165) is 28.1 Å². The van der Waals surface area contributed by atoms with E-state index in [4.69, 9.17) is 19.4 Å². The Kier molecular flexibility index (Phi) is 7.41. The van der Waals surface area contributed by atoms with Crippen molar-refractivity contribution in [1.29, 1.82) is 0 Å². The average Bonchev–Trinajstić information content (AvgIpc) is 3.12. The summed E-state index contributed by atoms with van der Waals surface area (Å²) >= 11 is 0. The van der Waals surface area contributed by atoms with Gasteiger partial charge in [0.05, 0.1) is 78.3 Å². The summed E-state index contributed by atoms with van der Waals surface area (Å²) in [5.74, 6) is 0.403. The van der Waals surface area contributed by atoms with E-state index in [-0.39, 0.29) is 54.0 Å². The lowest BCUT2D eigenvalue weighted by atomic mass is 10.1. The second-order valence-electron chi connectivity index (χ2n) is 10.5. The molecule has 0 unspecified atom stereocenters. The van der Waals surface area contributed by atoms with Crippen LogP contribution in [0.2, 0.25) is 0 Å². The molecule has 2 aliphatic rings. The molecular weight excluding hydrogens is 542 g/mol. The Morgan fingerprint density at radius 3 is 2.63 bits per heavy atom. The number of nitrogens with zero attached hydrogens (tertiary/aromatic N) is 4. The third-order valence-corrected chi connectivity index (χ3v) is 9.16. The van der Waals surface area contributed by atoms with E-state index >= 15 is 0 Å². The van der Waals surface area contributed by atoms with E-state index in [0.29, 0.717) is 24.5 Å². The number of pyridine rings is 3. The molecule has 4 aromatic rings. The van der Waals surface area contributed by atoms with Gasteiger partial charge in [0.1, 0.15) is 5.82 Å². The average molecular weight is 574 g/mol. The van der Waals surface area contributed by atoms with Gasteiger partial charge in [-0.15, -0.1) is 0 Å². The minimum absolute atomic E-state index is 0.105. The second kappa shape index (κ2) is 11.2. The SMILES string of the molecule is C[C@@H]1COC[C@H](C)N1c1cccc(-c2ccc3cnc(CNC(=O)c4ccc5c(c4)S(=O)(=O)CCOC5)cc3n2)n1. The number of fused-ring (bicyclic) bond motifs is 2. The topological polar surface area (TPSA) is 124 Å². The lowest BCUT2D eigenvalue weighted by Crippen LogP contribution is -2.50. The maximum Gasteiger partial charge on any atom is 0.251 e. The molecule has 1 fully saturated rings. The van der Waals surface area contributed by atoms with Crippen LogP contribution in [0.15, 0.2) is 65.7 Å². The van der Waals surface area contributed by atoms with E-state index in [1.54, 1.807) is 18.3 Å². The van der Waals surface area contributed by atoms with Crippen LogP contribution < -0.4 is 10.2 Å². The standard InChI is InChI=1S/C30H31N5O5S/c1-19-16-40-17-20(2)35(19)29-5-3-4-25(34-29)26-9-8-22-14-31-24(13-27(22)33-26)15-32-30(36)21-6-7-23-18-39-10-11-41(37,38)28(23)12-21/h3-9,12-14,19-20H,10-11,15-18H2,1-2H3,(H,32,36)/t19-,20+. The first-order valence-electron chi connectivity index (χ1n) is 13.6. The summed E-state index contributed by atoms with van der Waals surface area (Å²) in [6.45, 7) is 6.10. The molecule has 0 saturated carbocycles. The van der Waals surface area contributed by atoms with Crippen LogP contribution in [0.5, 0.6) is 0 Å². The summed E-state index contributed by atoms with van der Waals surface area (Å²) in [6, 6.07) is 16.8. The molecule has 0 aliphatic carbocycles. The van der Waals surface area contributed by atoms with Gasteiger partial charge in [-0.2, -0.15) is 0 Å². The molecule has 2 aliphatic heterocycles. The summed E-state index contributed by atoms with van der Waals surface area (Å²) < 4.78 is 36.2. The number of benzene rings is 1. The number of ether oxygens (including phenoxy) is 2. The fourth-order valence-electron chi connectivity index (χ4n) is 5.30. The molecule has 11 heteroatoms. The molecule has 10 nitrogen and oxygen atoms in total. The van der Waals surface area contributed by atoms with Crippen LogP contribution in [0.25, 0.3) is 22.3 Å². The highest BCUT2D eigenvalue weighted by atomic mass is 32.2. The van der Waals surface area contributed by atoms with Crippen molar-refractivity contribution in [3.05, 3.63) is 77.6 Å². The Labute approximate surface area is 238 Å². The molecule has 0 bridgehead atoms. The number of sulfone groups is 1. The molecule has 1 saturated heterocycles. The number of morpholine rings is 1. The van der Waals surface area contributed by atoms with Crippen molar-refractivity contribution in [3.8, 4) is 11.4 Å². The van der Waals surface area contributed by atoms with Crippen LogP contribution in [0, 0.1) is 0 Å². The molecule has 5 heterocycles. The van der Waals surface area contributed by atoms with E-state index in [9.17, 15) is 13.2 Å². The van der Waals surface area contributed by atoms with Gasteiger partial charge in [0.2, 0.25) is 0 Å². The van der Waals surface area contributed by atoms with Gasteiger partial charge in [0.25, 0.3) is 5.91 Å². The van der Waals surface area contributed by atoms with E-state index in [1.165, 1.54) is 6.07 Å². The zero-order valence-electron chi connectivity index (χ0n) is 22.9. The minimum Gasteiger partial charge on any atom is -0.377 e. The lowest BCUT2D eigenvalue weighted by Gasteiger charge is -2.39. The van der Waals surface area contributed by atoms with Gasteiger partial charge >= 0.3 is 0 Å². The van der Waals surface area contributed by atoms with Crippen LogP contribution in [0.1, 0.15) is 35.5 Å². The number of hydrogen-bond donors (Lipinski definition) is 1. The minimum atomic E-state index is -3.51. The first-order chi connectivity index (χ1) is 19.8. The maximum atomic E-state index is 12.9. The largest absolute Gasteiger partial charge is 0.377 e. The molecule has 2 atom stereocenters. The van der Waals surface area contributed by atoms with E-state index < -0.39 is 9.84 Å². The van der Waals surface area contributed by atoms with Gasteiger partial charge in [0, 0.05) is 17.1 Å². The molecular formula is C30H31N5O5S. The van der Waals surface area contributed by atoms with Gasteiger partial charge < -0.3 is 19.7 Å². The smallest absolute Gasteiger partial charge is 0.251 e. The van der Waals surface area contributed by atoms with Crippen molar-refractivity contribution in [1.82, 2.24) is 20.3 Å². The predicted molar refractivity (Wildman–Crippen MR) is 154 cm³/mol. The van der Waals surface area contributed by atoms with Crippen molar-refractivity contribution in [2.75, 3.05) is 30.5 Å². The summed E-state index contributed by atoms with van der Waals surface area (Å²) in [7, 11) is -3.51. The number of aromatic nitrogens is 3. The van der Waals surface area contributed by atoms with E-state index in [1.807, 2.05) is 36.4 Å². The number of anilines is 1. The molecule has 0 spiro atoms. The highest BCUT2D eigenvalue weighted by Crippen LogP contribution is 2.26. The Balaban J connectivity index is 1.21. The summed E-state index contributed by atoms with van der Waals surface area (Å²) in [4.78, 5) is 29.6. The summed E-state index contributed by atoms with van der Waals surface area (Å²) in [6.07, 6.45) is 1.73. The molecule has 41 heavy (non-hydrogen) atoms. The van der Waals surface area contributed by atoms with Gasteiger partial charge in [0.15, 0.2) is 9.84 Å². The highest BCUT2D eigenvalue weighted by Gasteiger charge is 2.27. The first-order valence-corrected chi connectivity index (χ1v) is 15.2. The van der Waals surface area contributed by atoms with Crippen molar-refractivity contribution in [2.24, 2.45) is 0 Å². The fraction of sp³-hybridized carbons (Fsp3) is 0.333. The highest BCUT2D eigenvalue weighted by molar-refractivity contribution is 7.91. The van der Waals surface area contributed by atoms with Gasteiger partial charge in [-0.3, -0.25) is 9.78 Å². The van der Waals surface area contributed by atoms with Crippen molar-refractivity contribution in [2.45, 2.75) is 44.0 Å². The molecule has 1 aromatic carbocycles. The Morgan fingerprint density at radius 2 is 1.80 bits per heavy atom. The summed E-state index contributed by atoms with van der Waals surface area (Å²) in [5, 5.41) is 3.71. The number of rotatable bonds is 5. The van der Waals surface area contributed by atoms with Gasteiger partial charge in [-0.1, -0.05) is 12.1 Å².